The van der Waals surface area contributed by atoms with Crippen LogP contribution in [0.15, 0.2) is 41.2 Å². The molecule has 4 N–H and O–H groups in total. The van der Waals surface area contributed by atoms with Gasteiger partial charge in [0.15, 0.2) is 5.82 Å². The van der Waals surface area contributed by atoms with E-state index in [0.29, 0.717) is 28.7 Å². The Kier molecular flexibility index (Phi) is 6.13. The number of hydrogen-bond donors (Lipinski definition) is 4. The lowest BCUT2D eigenvalue weighted by atomic mass is 9.95. The SMILES string of the molecule is CC(C)c1cc(-c2n[nH]c(=O)n2-c2ccc(CNC3CCCCC3)cc2)c(O)cc1O. The first kappa shape index (κ1) is 21.2. The predicted molar refractivity (Wildman–Crippen MR) is 121 cm³/mol. The highest BCUT2D eigenvalue weighted by molar-refractivity contribution is 5.69. The molecule has 0 radical (unpaired) electrons. The molecule has 7 nitrogen and oxygen atoms in total. The van der Waals surface area contributed by atoms with E-state index in [-0.39, 0.29) is 23.1 Å². The molecule has 1 aliphatic rings. The van der Waals surface area contributed by atoms with Crippen molar-refractivity contribution in [1.29, 1.82) is 0 Å². The van der Waals surface area contributed by atoms with Crippen LogP contribution in [0.1, 0.15) is 63.0 Å². The summed E-state index contributed by atoms with van der Waals surface area (Å²) in [7, 11) is 0. The monoisotopic (exact) mass is 422 g/mol. The van der Waals surface area contributed by atoms with Crippen molar-refractivity contribution >= 4 is 0 Å². The minimum absolute atomic E-state index is 0.0236. The van der Waals surface area contributed by atoms with Crippen LogP contribution < -0.4 is 11.0 Å². The van der Waals surface area contributed by atoms with Gasteiger partial charge in [0, 0.05) is 18.7 Å². The molecule has 4 rings (SSSR count). The third kappa shape index (κ3) is 4.51. The fraction of sp³-hybridized carbons (Fsp3) is 0.417. The molecule has 31 heavy (non-hydrogen) atoms. The topological polar surface area (TPSA) is 103 Å². The van der Waals surface area contributed by atoms with Crippen LogP contribution in [0.3, 0.4) is 0 Å². The predicted octanol–water partition coefficient (Wildman–Crippen LogP) is 4.18. The number of H-pyrrole nitrogens is 1. The smallest absolute Gasteiger partial charge is 0.348 e. The lowest BCUT2D eigenvalue weighted by Crippen LogP contribution is -2.30. The molecule has 1 heterocycles. The minimum atomic E-state index is -0.387. The van der Waals surface area contributed by atoms with Gasteiger partial charge in [-0.25, -0.2) is 14.5 Å². The van der Waals surface area contributed by atoms with Crippen molar-refractivity contribution in [3.63, 3.8) is 0 Å². The van der Waals surface area contributed by atoms with Crippen LogP contribution in [-0.4, -0.2) is 31.0 Å². The first-order chi connectivity index (χ1) is 14.9. The van der Waals surface area contributed by atoms with Crippen LogP contribution in [0.4, 0.5) is 0 Å². The van der Waals surface area contributed by atoms with E-state index in [1.165, 1.54) is 42.7 Å². The first-order valence-electron chi connectivity index (χ1n) is 11.0. The van der Waals surface area contributed by atoms with Crippen molar-refractivity contribution in [1.82, 2.24) is 20.1 Å². The lowest BCUT2D eigenvalue weighted by molar-refractivity contribution is 0.372. The van der Waals surface area contributed by atoms with Gasteiger partial charge in [0.05, 0.1) is 11.3 Å². The Bertz CT molecular complexity index is 1090. The van der Waals surface area contributed by atoms with Gasteiger partial charge in [-0.1, -0.05) is 45.2 Å². The molecule has 0 aliphatic heterocycles. The summed E-state index contributed by atoms with van der Waals surface area (Å²) >= 11 is 0. The number of phenolic OH excluding ortho intramolecular Hbond substituents is 2. The number of aromatic hydroxyl groups is 2. The fourth-order valence-corrected chi connectivity index (χ4v) is 4.28. The van der Waals surface area contributed by atoms with Gasteiger partial charge in [-0.3, -0.25) is 0 Å². The Morgan fingerprint density at radius 3 is 2.48 bits per heavy atom. The third-order valence-electron chi connectivity index (χ3n) is 6.07. The highest BCUT2D eigenvalue weighted by atomic mass is 16.3. The summed E-state index contributed by atoms with van der Waals surface area (Å²) in [6.45, 7) is 4.70. The Balaban J connectivity index is 1.61. The normalized spacial score (nSPS) is 14.9. The van der Waals surface area contributed by atoms with Crippen molar-refractivity contribution in [2.75, 3.05) is 0 Å². The van der Waals surface area contributed by atoms with Crippen molar-refractivity contribution in [3.05, 3.63) is 58.0 Å². The molecule has 0 saturated heterocycles. The second-order valence-corrected chi connectivity index (χ2v) is 8.65. The standard InChI is InChI=1S/C24H30N4O3/c1-15(2)19-12-20(22(30)13-21(19)29)23-26-27-24(31)28(23)18-10-8-16(9-11-18)14-25-17-6-4-3-5-7-17/h8-13,15,17,25,29-30H,3-7,14H2,1-2H3,(H,27,31). The van der Waals surface area contributed by atoms with E-state index in [2.05, 4.69) is 15.5 Å². The van der Waals surface area contributed by atoms with Gasteiger partial charge in [-0.15, -0.1) is 0 Å². The number of hydrogen-bond acceptors (Lipinski definition) is 5. The number of nitrogens with one attached hydrogen (secondary N) is 2. The van der Waals surface area contributed by atoms with Gasteiger partial charge < -0.3 is 15.5 Å². The van der Waals surface area contributed by atoms with Gasteiger partial charge in [0.25, 0.3) is 0 Å². The number of benzene rings is 2. The minimum Gasteiger partial charge on any atom is -0.508 e. The van der Waals surface area contributed by atoms with Gasteiger partial charge in [-0.2, -0.15) is 5.10 Å². The van der Waals surface area contributed by atoms with Crippen LogP contribution >= 0.6 is 0 Å². The molecule has 0 unspecified atom stereocenters. The van der Waals surface area contributed by atoms with Crippen molar-refractivity contribution in [3.8, 4) is 28.6 Å². The summed E-state index contributed by atoms with van der Waals surface area (Å²) in [5.74, 6) is 0.248. The van der Waals surface area contributed by atoms with Gasteiger partial charge in [-0.05, 0) is 48.1 Å². The van der Waals surface area contributed by atoms with Crippen LogP contribution in [0.2, 0.25) is 0 Å². The van der Waals surface area contributed by atoms with Crippen molar-refractivity contribution in [2.24, 2.45) is 0 Å². The summed E-state index contributed by atoms with van der Waals surface area (Å²) in [4.78, 5) is 12.5. The number of nitrogens with zero attached hydrogens (tertiary/aromatic N) is 2. The largest absolute Gasteiger partial charge is 0.508 e. The summed E-state index contributed by atoms with van der Waals surface area (Å²) in [6, 6.07) is 11.4. The molecule has 1 fully saturated rings. The van der Waals surface area contributed by atoms with Gasteiger partial charge >= 0.3 is 5.69 Å². The summed E-state index contributed by atoms with van der Waals surface area (Å²) < 4.78 is 1.44. The molecule has 0 spiro atoms. The molecular formula is C24H30N4O3. The van der Waals surface area contributed by atoms with E-state index in [1.54, 1.807) is 6.07 Å². The maximum Gasteiger partial charge on any atom is 0.348 e. The Hall–Kier alpha value is -3.06. The number of aromatic nitrogens is 3. The first-order valence-corrected chi connectivity index (χ1v) is 11.0. The van der Waals surface area contributed by atoms with Gasteiger partial charge in [0.2, 0.25) is 0 Å². The highest BCUT2D eigenvalue weighted by Gasteiger charge is 2.19. The van der Waals surface area contributed by atoms with Crippen molar-refractivity contribution in [2.45, 2.75) is 64.5 Å². The third-order valence-corrected chi connectivity index (χ3v) is 6.07. The number of rotatable bonds is 6. The Morgan fingerprint density at radius 1 is 1.10 bits per heavy atom. The van der Waals surface area contributed by atoms with E-state index < -0.39 is 0 Å². The molecule has 2 aromatic carbocycles. The van der Waals surface area contributed by atoms with Gasteiger partial charge in [0.1, 0.15) is 11.5 Å². The average molecular weight is 423 g/mol. The van der Waals surface area contributed by atoms with Crippen LogP contribution in [-0.2, 0) is 6.54 Å². The second-order valence-electron chi connectivity index (χ2n) is 8.65. The molecular weight excluding hydrogens is 392 g/mol. The fourth-order valence-electron chi connectivity index (χ4n) is 4.28. The summed E-state index contributed by atoms with van der Waals surface area (Å²) in [6.07, 6.45) is 6.40. The van der Waals surface area contributed by atoms with Crippen LogP contribution in [0.25, 0.3) is 17.1 Å². The molecule has 0 bridgehead atoms. The molecule has 1 aromatic heterocycles. The Labute approximate surface area is 181 Å². The van der Waals surface area contributed by atoms with E-state index in [4.69, 9.17) is 0 Å². The summed E-state index contributed by atoms with van der Waals surface area (Å²) in [5, 5.41) is 30.8. The zero-order valence-corrected chi connectivity index (χ0v) is 18.1. The van der Waals surface area contributed by atoms with E-state index >= 15 is 0 Å². The zero-order valence-electron chi connectivity index (χ0n) is 18.1. The molecule has 0 amide bonds. The van der Waals surface area contributed by atoms with E-state index in [0.717, 1.165) is 12.1 Å². The number of phenols is 2. The quantitative estimate of drug-likeness (QED) is 0.477. The highest BCUT2D eigenvalue weighted by Crippen LogP contribution is 2.37. The maximum atomic E-state index is 12.5. The Morgan fingerprint density at radius 2 is 1.81 bits per heavy atom. The molecule has 3 aromatic rings. The molecule has 1 aliphatic carbocycles. The average Bonchev–Trinajstić information content (AvgIpc) is 3.14. The van der Waals surface area contributed by atoms with Crippen LogP contribution in [0.5, 0.6) is 11.5 Å². The second kappa shape index (κ2) is 8.98. The zero-order chi connectivity index (χ0) is 22.0. The molecule has 164 valence electrons. The molecule has 7 heteroatoms. The maximum absolute atomic E-state index is 12.5. The summed E-state index contributed by atoms with van der Waals surface area (Å²) in [5.41, 5.74) is 2.50. The van der Waals surface area contributed by atoms with E-state index in [1.807, 2.05) is 38.1 Å². The molecule has 1 saturated carbocycles. The number of aromatic amines is 1. The molecule has 0 atom stereocenters. The van der Waals surface area contributed by atoms with Crippen molar-refractivity contribution < 1.29 is 10.2 Å². The van der Waals surface area contributed by atoms with E-state index in [9.17, 15) is 15.0 Å². The lowest BCUT2D eigenvalue weighted by Gasteiger charge is -2.22. The van der Waals surface area contributed by atoms with Crippen LogP contribution in [0, 0.1) is 0 Å².